The molecule has 22 heavy (non-hydrogen) atoms. The van der Waals surface area contributed by atoms with E-state index in [4.69, 9.17) is 5.14 Å². The fraction of sp³-hybridized carbons (Fsp3) is 0.100. The van der Waals surface area contributed by atoms with Gasteiger partial charge in [-0.15, -0.1) is 10.2 Å². The number of nitrogens with two attached hydrogens (primary N) is 1. The lowest BCUT2D eigenvalue weighted by Crippen LogP contribution is -2.13. The molecular formula is C10H7F3N4O3S2. The molecule has 12 heteroatoms. The van der Waals surface area contributed by atoms with Gasteiger partial charge in [-0.3, -0.25) is 10.1 Å². The summed E-state index contributed by atoms with van der Waals surface area (Å²) in [5.74, 6) is -0.886. The van der Waals surface area contributed by atoms with Gasteiger partial charge < -0.3 is 0 Å². The zero-order chi connectivity index (χ0) is 16.5. The Morgan fingerprint density at radius 1 is 1.27 bits per heavy atom. The molecular weight excluding hydrogens is 345 g/mol. The van der Waals surface area contributed by atoms with Crippen molar-refractivity contribution in [3.63, 3.8) is 0 Å². The minimum absolute atomic E-state index is 0.202. The third-order valence-electron chi connectivity index (χ3n) is 2.32. The first-order valence-corrected chi connectivity index (χ1v) is 7.78. The van der Waals surface area contributed by atoms with E-state index in [-0.39, 0.29) is 10.7 Å². The molecule has 0 saturated carbocycles. The van der Waals surface area contributed by atoms with E-state index < -0.39 is 32.0 Å². The molecule has 118 valence electrons. The first kappa shape index (κ1) is 16.3. The number of rotatable bonds is 3. The average Bonchev–Trinajstić information content (AvgIpc) is 2.86. The number of primary sulfonamides is 1. The second kappa shape index (κ2) is 5.62. The van der Waals surface area contributed by atoms with Crippen LogP contribution in [-0.2, 0) is 16.2 Å². The van der Waals surface area contributed by atoms with Crippen LogP contribution in [0.1, 0.15) is 15.9 Å². The van der Waals surface area contributed by atoms with Crippen molar-refractivity contribution in [2.45, 2.75) is 10.5 Å². The van der Waals surface area contributed by atoms with Crippen LogP contribution in [0.25, 0.3) is 0 Å². The van der Waals surface area contributed by atoms with Crippen molar-refractivity contribution >= 4 is 32.4 Å². The molecule has 0 fully saturated rings. The first-order chi connectivity index (χ1) is 10.1. The van der Waals surface area contributed by atoms with Gasteiger partial charge in [0.15, 0.2) is 0 Å². The number of carbonyl (C=O) groups is 1. The molecule has 1 amide bonds. The van der Waals surface area contributed by atoms with E-state index in [0.717, 1.165) is 12.1 Å². The Balaban J connectivity index is 2.21. The van der Waals surface area contributed by atoms with Crippen molar-refractivity contribution < 1.29 is 26.4 Å². The van der Waals surface area contributed by atoms with Crippen LogP contribution in [0.4, 0.5) is 18.3 Å². The van der Waals surface area contributed by atoms with E-state index in [1.54, 1.807) is 0 Å². The predicted octanol–water partition coefficient (Wildman–Crippen LogP) is 1.46. The lowest BCUT2D eigenvalue weighted by molar-refractivity contribution is -0.137. The molecule has 1 aromatic heterocycles. The second-order valence-corrected chi connectivity index (χ2v) is 6.66. The zero-order valence-corrected chi connectivity index (χ0v) is 12.1. The van der Waals surface area contributed by atoms with Gasteiger partial charge in [-0.2, -0.15) is 13.2 Å². The van der Waals surface area contributed by atoms with Crippen molar-refractivity contribution in [2.75, 3.05) is 5.32 Å². The maximum absolute atomic E-state index is 12.6. The summed E-state index contributed by atoms with van der Waals surface area (Å²) in [7, 11) is -4.06. The van der Waals surface area contributed by atoms with Crippen LogP contribution in [0, 0.1) is 0 Å². The third-order valence-corrected chi connectivity index (χ3v) is 4.47. The zero-order valence-electron chi connectivity index (χ0n) is 10.5. The lowest BCUT2D eigenvalue weighted by Gasteiger charge is -2.08. The summed E-state index contributed by atoms with van der Waals surface area (Å²) < 4.78 is 59.2. The molecule has 0 aliphatic heterocycles. The highest BCUT2D eigenvalue weighted by Crippen LogP contribution is 2.29. The van der Waals surface area contributed by atoms with Crippen LogP contribution in [0.5, 0.6) is 0 Å². The van der Waals surface area contributed by atoms with Crippen molar-refractivity contribution in [1.29, 1.82) is 0 Å². The number of anilines is 1. The van der Waals surface area contributed by atoms with Gasteiger partial charge in [0, 0.05) is 5.56 Å². The quantitative estimate of drug-likeness (QED) is 0.812. The Morgan fingerprint density at radius 2 is 1.95 bits per heavy atom. The number of carbonyl (C=O) groups excluding carboxylic acids is 1. The van der Waals surface area contributed by atoms with Gasteiger partial charge in [0.05, 0.1) is 5.56 Å². The normalized spacial score (nSPS) is 12.2. The molecule has 0 radical (unpaired) electrons. The molecule has 1 aromatic carbocycles. The first-order valence-electron chi connectivity index (χ1n) is 5.42. The molecule has 2 aromatic rings. The standard InChI is InChI=1S/C10H7F3N4O3S2/c11-10(12,13)6-3-1-2-5(4-6)7(18)15-8-16-17-9(21-8)22(14,19)20/h1-4H,(H2,14,19,20)(H,15,16,18). The number of sulfonamides is 1. The van der Waals surface area contributed by atoms with Crippen LogP contribution in [0.15, 0.2) is 28.6 Å². The highest BCUT2D eigenvalue weighted by molar-refractivity contribution is 7.91. The Bertz CT molecular complexity index is 817. The smallest absolute Gasteiger partial charge is 0.296 e. The van der Waals surface area contributed by atoms with E-state index in [0.29, 0.717) is 17.4 Å². The number of amides is 1. The van der Waals surface area contributed by atoms with Crippen molar-refractivity contribution in [2.24, 2.45) is 5.14 Å². The van der Waals surface area contributed by atoms with E-state index >= 15 is 0 Å². The Kier molecular flexibility index (Phi) is 4.17. The van der Waals surface area contributed by atoms with Crippen LogP contribution < -0.4 is 10.5 Å². The van der Waals surface area contributed by atoms with Gasteiger partial charge in [-0.25, -0.2) is 13.6 Å². The van der Waals surface area contributed by atoms with Crippen LogP contribution in [0.2, 0.25) is 0 Å². The topological polar surface area (TPSA) is 115 Å². The maximum atomic E-state index is 12.6. The summed E-state index contributed by atoms with van der Waals surface area (Å²) in [5, 5.41) is 13.4. The molecule has 0 aliphatic rings. The number of aromatic nitrogens is 2. The van der Waals surface area contributed by atoms with Crippen LogP contribution >= 0.6 is 11.3 Å². The van der Waals surface area contributed by atoms with Gasteiger partial charge in [-0.1, -0.05) is 17.4 Å². The number of nitrogens with one attached hydrogen (secondary N) is 1. The van der Waals surface area contributed by atoms with Gasteiger partial charge in [0.25, 0.3) is 15.9 Å². The third kappa shape index (κ3) is 3.78. The molecule has 2 rings (SSSR count). The summed E-state index contributed by atoms with van der Waals surface area (Å²) in [6, 6.07) is 3.73. The summed E-state index contributed by atoms with van der Waals surface area (Å²) in [5.41, 5.74) is -1.25. The summed E-state index contributed by atoms with van der Waals surface area (Å²) >= 11 is 0.483. The number of alkyl halides is 3. The van der Waals surface area contributed by atoms with Gasteiger partial charge >= 0.3 is 6.18 Å². The largest absolute Gasteiger partial charge is 0.416 e. The number of hydrogen-bond acceptors (Lipinski definition) is 6. The second-order valence-electron chi connectivity index (χ2n) is 3.95. The average molecular weight is 352 g/mol. The van der Waals surface area contributed by atoms with Crippen molar-refractivity contribution in [3.05, 3.63) is 35.4 Å². The highest BCUT2D eigenvalue weighted by Gasteiger charge is 2.31. The molecule has 3 N–H and O–H groups in total. The molecule has 0 aliphatic carbocycles. The molecule has 0 saturated heterocycles. The fourth-order valence-corrected chi connectivity index (χ4v) is 2.71. The van der Waals surface area contributed by atoms with E-state index in [1.165, 1.54) is 6.07 Å². The maximum Gasteiger partial charge on any atom is 0.416 e. The molecule has 0 unspecified atom stereocenters. The monoisotopic (exact) mass is 352 g/mol. The molecule has 0 atom stereocenters. The van der Waals surface area contributed by atoms with Crippen molar-refractivity contribution in [1.82, 2.24) is 10.2 Å². The lowest BCUT2D eigenvalue weighted by atomic mass is 10.1. The van der Waals surface area contributed by atoms with E-state index in [2.05, 4.69) is 15.5 Å². The fourth-order valence-electron chi connectivity index (χ4n) is 1.38. The Morgan fingerprint density at radius 3 is 2.50 bits per heavy atom. The summed E-state index contributed by atoms with van der Waals surface area (Å²) in [6.45, 7) is 0. The van der Waals surface area contributed by atoms with Gasteiger partial charge in [0.1, 0.15) is 0 Å². The SMILES string of the molecule is NS(=O)(=O)c1nnc(NC(=O)c2cccc(C(F)(F)F)c2)s1. The minimum atomic E-state index is -4.58. The van der Waals surface area contributed by atoms with Gasteiger partial charge in [0.2, 0.25) is 9.47 Å². The Labute approximate surface area is 126 Å². The number of halogens is 3. The molecule has 1 heterocycles. The van der Waals surface area contributed by atoms with E-state index in [9.17, 15) is 26.4 Å². The predicted molar refractivity (Wildman–Crippen MR) is 70.7 cm³/mol. The molecule has 0 bridgehead atoms. The number of hydrogen-bond donors (Lipinski definition) is 2. The van der Waals surface area contributed by atoms with Crippen LogP contribution in [0.3, 0.4) is 0 Å². The van der Waals surface area contributed by atoms with Gasteiger partial charge in [-0.05, 0) is 18.2 Å². The Hall–Kier alpha value is -2.05. The number of benzene rings is 1. The van der Waals surface area contributed by atoms with E-state index in [1.807, 2.05) is 0 Å². The molecule has 0 spiro atoms. The summed E-state index contributed by atoms with van der Waals surface area (Å²) in [4.78, 5) is 11.8. The van der Waals surface area contributed by atoms with Crippen molar-refractivity contribution in [3.8, 4) is 0 Å². The minimum Gasteiger partial charge on any atom is -0.296 e. The van der Waals surface area contributed by atoms with Crippen LogP contribution in [-0.4, -0.2) is 24.5 Å². The molecule has 7 nitrogen and oxygen atoms in total. The summed E-state index contributed by atoms with van der Waals surface area (Å²) in [6.07, 6.45) is -4.58. The number of nitrogens with zero attached hydrogens (tertiary/aromatic N) is 2. The highest BCUT2D eigenvalue weighted by atomic mass is 32.2.